The van der Waals surface area contributed by atoms with Crippen molar-refractivity contribution in [3.63, 3.8) is 0 Å². The van der Waals surface area contributed by atoms with Crippen LogP contribution in [0.3, 0.4) is 0 Å². The molecule has 3 aromatic rings. The van der Waals surface area contributed by atoms with Crippen molar-refractivity contribution >= 4 is 28.8 Å². The van der Waals surface area contributed by atoms with Gasteiger partial charge in [0.05, 0.1) is 12.2 Å². The molecule has 0 spiro atoms. The zero-order valence-electron chi connectivity index (χ0n) is 15.4. The number of benzene rings is 2. The van der Waals surface area contributed by atoms with E-state index in [1.165, 1.54) is 11.0 Å². The van der Waals surface area contributed by atoms with Crippen LogP contribution in [-0.4, -0.2) is 46.9 Å². The number of thiazole rings is 1. The highest BCUT2D eigenvalue weighted by atomic mass is 35.5. The topological polar surface area (TPSA) is 36.4 Å². The molecule has 1 amide bonds. The van der Waals surface area contributed by atoms with E-state index >= 15 is 0 Å². The van der Waals surface area contributed by atoms with Crippen LogP contribution in [0.25, 0.3) is 11.3 Å². The van der Waals surface area contributed by atoms with Gasteiger partial charge in [0.25, 0.3) is 5.91 Å². The smallest absolute Gasteiger partial charge is 0.259 e. The predicted octanol–water partition coefficient (Wildman–Crippen LogP) is 4.70. The average Bonchev–Trinajstić information content (AvgIpc) is 3.17. The Labute approximate surface area is 176 Å². The normalized spacial score (nSPS) is 14.9. The number of amides is 1. The summed E-state index contributed by atoms with van der Waals surface area (Å²) in [5.74, 6) is -2.25. The summed E-state index contributed by atoms with van der Waals surface area (Å²) < 4.78 is 27.7. The van der Waals surface area contributed by atoms with Crippen LogP contribution in [0.1, 0.15) is 15.4 Å². The summed E-state index contributed by atoms with van der Waals surface area (Å²) in [6.45, 7) is 2.76. The SMILES string of the molecule is O=C(c1c(F)cccc1F)N1CCN(Cc2nc(-c3ccc(Cl)cc3)cs2)CC1. The van der Waals surface area contributed by atoms with E-state index in [1.807, 2.05) is 29.6 Å². The molecule has 0 bridgehead atoms. The third kappa shape index (κ3) is 4.47. The standard InChI is InChI=1S/C21H18ClF2N3OS/c22-15-6-4-14(5-7-15)18-13-29-19(25-18)12-26-8-10-27(11-9-26)21(28)20-16(23)2-1-3-17(20)24/h1-7,13H,8-12H2. The molecule has 150 valence electrons. The Kier molecular flexibility index (Phi) is 5.89. The van der Waals surface area contributed by atoms with Gasteiger partial charge in [-0.15, -0.1) is 11.3 Å². The van der Waals surface area contributed by atoms with Crippen LogP contribution >= 0.6 is 22.9 Å². The number of carbonyl (C=O) groups excluding carboxylic acids is 1. The van der Waals surface area contributed by atoms with Crippen molar-refractivity contribution in [1.82, 2.24) is 14.8 Å². The maximum Gasteiger partial charge on any atom is 0.259 e. The van der Waals surface area contributed by atoms with Gasteiger partial charge in [-0.05, 0) is 24.3 Å². The zero-order chi connectivity index (χ0) is 20.4. The van der Waals surface area contributed by atoms with Gasteiger partial charge in [-0.3, -0.25) is 9.69 Å². The van der Waals surface area contributed by atoms with Crippen molar-refractivity contribution < 1.29 is 13.6 Å². The fourth-order valence-corrected chi connectivity index (χ4v) is 4.27. The summed E-state index contributed by atoms with van der Waals surface area (Å²) in [5.41, 5.74) is 1.44. The first-order valence-electron chi connectivity index (χ1n) is 9.17. The van der Waals surface area contributed by atoms with E-state index in [-0.39, 0.29) is 0 Å². The van der Waals surface area contributed by atoms with Crippen LogP contribution in [0.5, 0.6) is 0 Å². The summed E-state index contributed by atoms with van der Waals surface area (Å²) in [6, 6.07) is 11.0. The molecular weight excluding hydrogens is 416 g/mol. The van der Waals surface area contributed by atoms with Crippen molar-refractivity contribution in [2.45, 2.75) is 6.54 Å². The summed E-state index contributed by atoms with van der Waals surface area (Å²) in [7, 11) is 0. The van der Waals surface area contributed by atoms with Gasteiger partial charge in [0, 0.05) is 42.1 Å². The molecule has 0 aliphatic carbocycles. The molecule has 1 saturated heterocycles. The Hall–Kier alpha value is -2.35. The maximum absolute atomic E-state index is 13.9. The quantitative estimate of drug-likeness (QED) is 0.598. The van der Waals surface area contributed by atoms with Crippen molar-refractivity contribution in [2.75, 3.05) is 26.2 Å². The fraction of sp³-hybridized carbons (Fsp3) is 0.238. The van der Waals surface area contributed by atoms with E-state index in [2.05, 4.69) is 9.88 Å². The summed E-state index contributed by atoms with van der Waals surface area (Å²) in [4.78, 5) is 20.9. The van der Waals surface area contributed by atoms with E-state index in [0.29, 0.717) is 37.7 Å². The first-order chi connectivity index (χ1) is 14.0. The number of hydrogen-bond donors (Lipinski definition) is 0. The fourth-order valence-electron chi connectivity index (χ4n) is 3.30. The van der Waals surface area contributed by atoms with Crippen LogP contribution in [0.2, 0.25) is 5.02 Å². The van der Waals surface area contributed by atoms with E-state index in [1.54, 1.807) is 11.3 Å². The van der Waals surface area contributed by atoms with Crippen LogP contribution in [0.15, 0.2) is 47.8 Å². The molecule has 8 heteroatoms. The van der Waals surface area contributed by atoms with Crippen LogP contribution < -0.4 is 0 Å². The van der Waals surface area contributed by atoms with Gasteiger partial charge in [-0.1, -0.05) is 29.8 Å². The van der Waals surface area contributed by atoms with Crippen LogP contribution in [-0.2, 0) is 6.54 Å². The molecule has 0 saturated carbocycles. The molecule has 4 rings (SSSR count). The number of hydrogen-bond acceptors (Lipinski definition) is 4. The number of nitrogens with zero attached hydrogens (tertiary/aromatic N) is 3. The van der Waals surface area contributed by atoms with E-state index in [9.17, 15) is 13.6 Å². The van der Waals surface area contributed by atoms with E-state index < -0.39 is 23.1 Å². The lowest BCUT2D eigenvalue weighted by Crippen LogP contribution is -2.48. The summed E-state index contributed by atoms with van der Waals surface area (Å²) >= 11 is 7.51. The summed E-state index contributed by atoms with van der Waals surface area (Å²) in [5, 5.41) is 3.68. The molecule has 0 N–H and O–H groups in total. The minimum atomic E-state index is -0.824. The van der Waals surface area contributed by atoms with E-state index in [0.717, 1.165) is 28.4 Å². The molecule has 1 aliphatic heterocycles. The second-order valence-corrected chi connectivity index (χ2v) is 8.18. The molecule has 2 heterocycles. The molecule has 0 unspecified atom stereocenters. The maximum atomic E-state index is 13.9. The highest BCUT2D eigenvalue weighted by Crippen LogP contribution is 2.24. The second kappa shape index (κ2) is 8.57. The number of aromatic nitrogens is 1. The molecule has 1 aromatic heterocycles. The highest BCUT2D eigenvalue weighted by Gasteiger charge is 2.26. The minimum absolute atomic E-state index is 0.419. The van der Waals surface area contributed by atoms with Gasteiger partial charge in [0.15, 0.2) is 0 Å². The Balaban J connectivity index is 1.36. The van der Waals surface area contributed by atoms with Gasteiger partial charge >= 0.3 is 0 Å². The molecule has 2 aromatic carbocycles. The van der Waals surface area contributed by atoms with Gasteiger partial charge < -0.3 is 4.90 Å². The first-order valence-corrected chi connectivity index (χ1v) is 10.4. The van der Waals surface area contributed by atoms with Crippen molar-refractivity contribution in [3.05, 3.63) is 75.1 Å². The largest absolute Gasteiger partial charge is 0.336 e. The molecule has 4 nitrogen and oxygen atoms in total. The first kappa shape index (κ1) is 19.9. The third-order valence-electron chi connectivity index (χ3n) is 4.89. The number of rotatable bonds is 4. The molecule has 1 aliphatic rings. The Morgan fingerprint density at radius 1 is 1.03 bits per heavy atom. The molecule has 29 heavy (non-hydrogen) atoms. The second-order valence-electron chi connectivity index (χ2n) is 6.80. The summed E-state index contributed by atoms with van der Waals surface area (Å²) in [6.07, 6.45) is 0. The molecule has 0 radical (unpaired) electrons. The van der Waals surface area contributed by atoms with Crippen LogP contribution in [0, 0.1) is 11.6 Å². The average molecular weight is 434 g/mol. The molecular formula is C21H18ClF2N3OS. The Morgan fingerprint density at radius 3 is 2.34 bits per heavy atom. The van der Waals surface area contributed by atoms with Gasteiger partial charge in [-0.2, -0.15) is 0 Å². The lowest BCUT2D eigenvalue weighted by molar-refractivity contribution is 0.0619. The zero-order valence-corrected chi connectivity index (χ0v) is 17.0. The lowest BCUT2D eigenvalue weighted by atomic mass is 10.1. The third-order valence-corrected chi connectivity index (χ3v) is 5.97. The van der Waals surface area contributed by atoms with Crippen molar-refractivity contribution in [1.29, 1.82) is 0 Å². The molecule has 1 fully saturated rings. The Morgan fingerprint density at radius 2 is 1.69 bits per heavy atom. The monoisotopic (exact) mass is 433 g/mol. The van der Waals surface area contributed by atoms with Crippen molar-refractivity contribution in [3.8, 4) is 11.3 Å². The van der Waals surface area contributed by atoms with Crippen LogP contribution in [0.4, 0.5) is 8.78 Å². The number of carbonyl (C=O) groups is 1. The highest BCUT2D eigenvalue weighted by molar-refractivity contribution is 7.09. The molecule has 0 atom stereocenters. The van der Waals surface area contributed by atoms with Gasteiger partial charge in [0.1, 0.15) is 22.2 Å². The van der Waals surface area contributed by atoms with Gasteiger partial charge in [0.2, 0.25) is 0 Å². The number of piperazine rings is 1. The minimum Gasteiger partial charge on any atom is -0.336 e. The predicted molar refractivity (Wildman–Crippen MR) is 110 cm³/mol. The Bertz CT molecular complexity index is 997. The lowest BCUT2D eigenvalue weighted by Gasteiger charge is -2.34. The van der Waals surface area contributed by atoms with Gasteiger partial charge in [-0.25, -0.2) is 13.8 Å². The van der Waals surface area contributed by atoms with Crippen molar-refractivity contribution in [2.24, 2.45) is 0 Å². The number of halogens is 3. The van der Waals surface area contributed by atoms with E-state index in [4.69, 9.17) is 11.6 Å².